The third-order valence-corrected chi connectivity index (χ3v) is 2.76. The molecule has 0 aliphatic heterocycles. The van der Waals surface area contributed by atoms with Gasteiger partial charge >= 0.3 is 0 Å². The molecule has 16 heavy (non-hydrogen) atoms. The Bertz CT molecular complexity index is 378. The van der Waals surface area contributed by atoms with E-state index in [0.717, 1.165) is 11.6 Å². The van der Waals surface area contributed by atoms with Crippen LogP contribution in [0.1, 0.15) is 39.2 Å². The Labute approximate surface area is 97.2 Å². The first-order valence-electron chi connectivity index (χ1n) is 5.86. The fourth-order valence-corrected chi connectivity index (χ4v) is 1.69. The van der Waals surface area contributed by atoms with Crippen molar-refractivity contribution in [2.75, 3.05) is 12.4 Å². The summed E-state index contributed by atoms with van der Waals surface area (Å²) in [5.41, 5.74) is 1.30. The van der Waals surface area contributed by atoms with Gasteiger partial charge in [0.15, 0.2) is 11.6 Å². The topological polar surface area (TPSA) is 34.2 Å². The van der Waals surface area contributed by atoms with E-state index < -0.39 is 0 Å². The van der Waals surface area contributed by atoms with Crippen molar-refractivity contribution >= 4 is 5.82 Å². The van der Waals surface area contributed by atoms with E-state index in [4.69, 9.17) is 4.74 Å². The molecule has 0 radical (unpaired) electrons. The maximum absolute atomic E-state index is 5.98. The van der Waals surface area contributed by atoms with Gasteiger partial charge in [-0.3, -0.25) is 0 Å². The van der Waals surface area contributed by atoms with Crippen molar-refractivity contribution in [1.29, 1.82) is 0 Å². The van der Waals surface area contributed by atoms with E-state index in [0.29, 0.717) is 6.10 Å². The molecule has 1 heterocycles. The lowest BCUT2D eigenvalue weighted by atomic mass is 9.87. The molecule has 0 saturated heterocycles. The molecule has 0 unspecified atom stereocenters. The van der Waals surface area contributed by atoms with E-state index in [1.165, 1.54) is 18.4 Å². The maximum atomic E-state index is 5.98. The molecule has 1 aliphatic carbocycles. The van der Waals surface area contributed by atoms with Crippen molar-refractivity contribution in [3.63, 3.8) is 0 Å². The molecule has 1 saturated carbocycles. The highest BCUT2D eigenvalue weighted by Crippen LogP contribution is 2.39. The first-order valence-corrected chi connectivity index (χ1v) is 5.86. The summed E-state index contributed by atoms with van der Waals surface area (Å²) in [6.45, 7) is 6.59. The molecular weight excluding hydrogens is 200 g/mol. The van der Waals surface area contributed by atoms with Crippen molar-refractivity contribution in [2.45, 2.75) is 45.1 Å². The van der Waals surface area contributed by atoms with Gasteiger partial charge in [0, 0.05) is 18.8 Å². The van der Waals surface area contributed by atoms with Crippen molar-refractivity contribution in [1.82, 2.24) is 4.98 Å². The van der Waals surface area contributed by atoms with Crippen LogP contribution in [0.25, 0.3) is 0 Å². The molecule has 0 atom stereocenters. The Balaban J connectivity index is 2.41. The quantitative estimate of drug-likeness (QED) is 0.850. The number of nitrogens with zero attached hydrogens (tertiary/aromatic N) is 1. The highest BCUT2D eigenvalue weighted by Gasteiger charge is 2.29. The van der Waals surface area contributed by atoms with Gasteiger partial charge in [0.25, 0.3) is 0 Å². The van der Waals surface area contributed by atoms with Gasteiger partial charge in [-0.2, -0.15) is 0 Å². The molecule has 1 fully saturated rings. The lowest BCUT2D eigenvalue weighted by molar-refractivity contribution is 0.295. The molecule has 88 valence electrons. The molecule has 1 aromatic rings. The summed E-state index contributed by atoms with van der Waals surface area (Å²) < 4.78 is 5.98. The minimum Gasteiger partial charge on any atom is -0.486 e. The average molecular weight is 220 g/mol. The number of hydrogen-bond donors (Lipinski definition) is 1. The Morgan fingerprint density at radius 2 is 2.06 bits per heavy atom. The standard InChI is InChI=1S/C13H20N2O/c1-13(2,3)10-7-8-15-12(14-4)11(10)16-9-5-6-9/h7-9H,5-6H2,1-4H3,(H,14,15). The monoisotopic (exact) mass is 220 g/mol. The fourth-order valence-electron chi connectivity index (χ4n) is 1.69. The number of nitrogens with one attached hydrogen (secondary N) is 1. The van der Waals surface area contributed by atoms with E-state index in [2.05, 4.69) is 37.1 Å². The molecule has 3 nitrogen and oxygen atoms in total. The molecule has 0 aromatic carbocycles. The summed E-state index contributed by atoms with van der Waals surface area (Å²) in [7, 11) is 1.88. The van der Waals surface area contributed by atoms with Crippen molar-refractivity contribution in [3.8, 4) is 5.75 Å². The average Bonchev–Trinajstić information content (AvgIpc) is 3.00. The third-order valence-electron chi connectivity index (χ3n) is 2.76. The van der Waals surface area contributed by atoms with Crippen LogP contribution in [0.3, 0.4) is 0 Å². The summed E-state index contributed by atoms with van der Waals surface area (Å²) in [5.74, 6) is 1.78. The number of ether oxygens (including phenoxy) is 1. The highest BCUT2D eigenvalue weighted by atomic mass is 16.5. The zero-order valence-corrected chi connectivity index (χ0v) is 10.5. The van der Waals surface area contributed by atoms with Crippen molar-refractivity contribution in [2.24, 2.45) is 0 Å². The van der Waals surface area contributed by atoms with Crippen LogP contribution in [-0.4, -0.2) is 18.1 Å². The van der Waals surface area contributed by atoms with E-state index in [-0.39, 0.29) is 5.41 Å². The van der Waals surface area contributed by atoms with Gasteiger partial charge in [-0.25, -0.2) is 4.98 Å². The maximum Gasteiger partial charge on any atom is 0.168 e. The van der Waals surface area contributed by atoms with Crippen molar-refractivity contribution < 1.29 is 4.74 Å². The molecule has 3 heteroatoms. The Kier molecular flexibility index (Phi) is 2.78. The van der Waals surface area contributed by atoms with Crippen LogP contribution in [-0.2, 0) is 5.41 Å². The van der Waals surface area contributed by atoms with Gasteiger partial charge in [-0.15, -0.1) is 0 Å². The molecule has 0 bridgehead atoms. The number of hydrogen-bond acceptors (Lipinski definition) is 3. The molecule has 2 rings (SSSR count). The minimum atomic E-state index is 0.0821. The predicted molar refractivity (Wildman–Crippen MR) is 66.1 cm³/mol. The second-order valence-corrected chi connectivity index (χ2v) is 5.35. The Morgan fingerprint density at radius 1 is 1.38 bits per heavy atom. The number of aromatic nitrogens is 1. The molecule has 1 aromatic heterocycles. The second-order valence-electron chi connectivity index (χ2n) is 5.35. The normalized spacial score (nSPS) is 16.0. The summed E-state index contributed by atoms with van der Waals surface area (Å²) >= 11 is 0. The molecule has 0 spiro atoms. The Morgan fingerprint density at radius 3 is 2.56 bits per heavy atom. The third kappa shape index (κ3) is 2.29. The largest absolute Gasteiger partial charge is 0.486 e. The molecule has 1 aliphatic rings. The van der Waals surface area contributed by atoms with Gasteiger partial charge in [-0.1, -0.05) is 20.8 Å². The van der Waals surface area contributed by atoms with Gasteiger partial charge in [0.05, 0.1) is 6.10 Å². The van der Waals surface area contributed by atoms with Crippen LogP contribution in [0.5, 0.6) is 5.75 Å². The molecule has 1 N–H and O–H groups in total. The lowest BCUT2D eigenvalue weighted by Crippen LogP contribution is -2.15. The molecule has 0 amide bonds. The number of pyridine rings is 1. The Hall–Kier alpha value is -1.25. The van der Waals surface area contributed by atoms with E-state index in [1.807, 2.05) is 13.2 Å². The van der Waals surface area contributed by atoms with E-state index in [1.54, 1.807) is 0 Å². The smallest absolute Gasteiger partial charge is 0.168 e. The van der Waals surface area contributed by atoms with Crippen LogP contribution in [0.4, 0.5) is 5.82 Å². The van der Waals surface area contributed by atoms with Crippen molar-refractivity contribution in [3.05, 3.63) is 17.8 Å². The summed E-state index contributed by atoms with van der Waals surface area (Å²) in [6.07, 6.45) is 4.58. The van der Waals surface area contributed by atoms with E-state index in [9.17, 15) is 0 Å². The van der Waals surface area contributed by atoms with Crippen LogP contribution >= 0.6 is 0 Å². The fraction of sp³-hybridized carbons (Fsp3) is 0.615. The molecular formula is C13H20N2O. The zero-order valence-electron chi connectivity index (χ0n) is 10.5. The highest BCUT2D eigenvalue weighted by molar-refractivity contribution is 5.56. The number of anilines is 1. The second kappa shape index (κ2) is 3.96. The summed E-state index contributed by atoms with van der Waals surface area (Å²) in [4.78, 5) is 4.32. The van der Waals surface area contributed by atoms with Crippen LogP contribution in [0.2, 0.25) is 0 Å². The van der Waals surface area contributed by atoms with Gasteiger partial charge < -0.3 is 10.1 Å². The first kappa shape index (κ1) is 11.2. The van der Waals surface area contributed by atoms with Gasteiger partial charge in [0.2, 0.25) is 0 Å². The summed E-state index contributed by atoms with van der Waals surface area (Å²) in [6, 6.07) is 2.05. The minimum absolute atomic E-state index is 0.0821. The van der Waals surface area contributed by atoms with Crippen LogP contribution in [0, 0.1) is 0 Å². The van der Waals surface area contributed by atoms with Crippen LogP contribution < -0.4 is 10.1 Å². The SMILES string of the molecule is CNc1nccc(C(C)(C)C)c1OC1CC1. The summed E-state index contributed by atoms with van der Waals surface area (Å²) in [5, 5.41) is 3.11. The first-order chi connectivity index (χ1) is 7.52. The lowest BCUT2D eigenvalue weighted by Gasteiger charge is -2.24. The predicted octanol–water partition coefficient (Wildman–Crippen LogP) is 2.96. The van der Waals surface area contributed by atoms with E-state index >= 15 is 0 Å². The van der Waals surface area contributed by atoms with Gasteiger partial charge in [0.1, 0.15) is 0 Å². The van der Waals surface area contributed by atoms with Gasteiger partial charge in [-0.05, 0) is 24.3 Å². The number of rotatable bonds is 3. The van der Waals surface area contributed by atoms with Crippen LogP contribution in [0.15, 0.2) is 12.3 Å². The zero-order chi connectivity index (χ0) is 11.8.